The van der Waals surface area contributed by atoms with Crippen molar-refractivity contribution in [1.29, 1.82) is 0 Å². The third-order valence-corrected chi connectivity index (χ3v) is 10.4. The molecule has 59 heavy (non-hydrogen) atoms. The molecule has 5 N–H and O–H groups in total. The number of tetrazole rings is 1. The maximum absolute atomic E-state index is 13.3. The fourth-order valence-electron chi connectivity index (χ4n) is 7.49. The summed E-state index contributed by atoms with van der Waals surface area (Å²) in [5.74, 6) is -0.158. The number of nitrogens with one attached hydrogen (secondary N) is 5. The zero-order chi connectivity index (χ0) is 41.0. The summed E-state index contributed by atoms with van der Waals surface area (Å²) < 4.78 is 0. The molecule has 2 aromatic carbocycles. The molecule has 0 bridgehead atoms. The van der Waals surface area contributed by atoms with Crippen molar-refractivity contribution in [2.45, 2.75) is 39.5 Å². The molecule has 0 saturated carbocycles. The molecule has 5 aromatic heterocycles. The molecule has 7 heterocycles. The summed E-state index contributed by atoms with van der Waals surface area (Å²) in [6, 6.07) is 20.9. The lowest BCUT2D eigenvalue weighted by molar-refractivity contribution is 0.101. The van der Waals surface area contributed by atoms with E-state index in [9.17, 15) is 19.2 Å². The number of nitrogens with zero attached hydrogens (tertiary/aromatic N) is 8. The summed E-state index contributed by atoms with van der Waals surface area (Å²) in [4.78, 5) is 71.6. The third kappa shape index (κ3) is 8.23. The van der Waals surface area contributed by atoms with Gasteiger partial charge in [0.15, 0.2) is 5.69 Å². The molecule has 0 spiro atoms. The minimum Gasteiger partial charge on any atom is -0.370 e. The Hall–Kier alpha value is -7.74. The highest BCUT2D eigenvalue weighted by Gasteiger charge is 2.26. The molecule has 2 fully saturated rings. The van der Waals surface area contributed by atoms with Gasteiger partial charge in [-0.15, -0.1) is 15.2 Å². The number of aromatic amines is 3. The molecule has 7 aromatic rings. The molecule has 0 unspecified atom stereocenters. The van der Waals surface area contributed by atoms with Crippen LogP contribution in [0.3, 0.4) is 0 Å². The van der Waals surface area contributed by atoms with Crippen molar-refractivity contribution in [3.05, 3.63) is 127 Å². The van der Waals surface area contributed by atoms with Crippen molar-refractivity contribution in [3.63, 3.8) is 0 Å². The lowest BCUT2D eigenvalue weighted by Gasteiger charge is -2.20. The largest absolute Gasteiger partial charge is 0.370 e. The quantitative estimate of drug-likeness (QED) is 0.120. The van der Waals surface area contributed by atoms with Crippen molar-refractivity contribution < 1.29 is 9.59 Å². The van der Waals surface area contributed by atoms with E-state index in [1.54, 1.807) is 42.5 Å². The first-order valence-electron chi connectivity index (χ1n) is 19.2. The van der Waals surface area contributed by atoms with Crippen LogP contribution in [0.1, 0.15) is 57.8 Å². The predicted octanol–water partition coefficient (Wildman–Crippen LogP) is 5.90. The standard InChI is InChI=1S/C21H20N8O2.C21H19N5O2/c1-12-10-18(30)23-15-5-4-13(11-14(12)15)22-21(31)19-17(29-8-2-3-9-29)7-6-16(24-19)20-25-27-28-26-20;1-13-11-19(27)24-16-6-5-14(12-15(13)16)23-21(28)20-17(26-9-3-4-10-26)7-8-18(22-2)25-20/h4-7,10-11H,2-3,8-9H2,1H3,(H,22,31)(H,23,30)(H,25,26,27,28);5-8,11-12H,3-4,9-10H2,1H3,(H,23,28)(H,24,27). The Labute approximate surface area is 336 Å². The van der Waals surface area contributed by atoms with Gasteiger partial charge in [0.05, 0.1) is 11.4 Å². The Bertz CT molecular complexity index is 2890. The number of aryl methyl sites for hydroxylation is 2. The van der Waals surface area contributed by atoms with E-state index in [0.29, 0.717) is 34.1 Å². The van der Waals surface area contributed by atoms with Gasteiger partial charge in [-0.1, -0.05) is 6.57 Å². The van der Waals surface area contributed by atoms with E-state index >= 15 is 0 Å². The zero-order valence-electron chi connectivity index (χ0n) is 32.3. The van der Waals surface area contributed by atoms with Crippen LogP contribution in [0.15, 0.2) is 82.4 Å². The van der Waals surface area contributed by atoms with Gasteiger partial charge in [-0.25, -0.2) is 4.98 Å². The summed E-state index contributed by atoms with van der Waals surface area (Å²) >= 11 is 0. The number of rotatable bonds is 7. The minimum atomic E-state index is -0.353. The summed E-state index contributed by atoms with van der Waals surface area (Å²) in [5, 5.41) is 21.5. The number of pyridine rings is 4. The Morgan fingerprint density at radius 3 is 1.68 bits per heavy atom. The van der Waals surface area contributed by atoms with Gasteiger partial charge in [0.2, 0.25) is 22.6 Å². The highest BCUT2D eigenvalue weighted by Crippen LogP contribution is 2.29. The van der Waals surface area contributed by atoms with E-state index in [-0.39, 0.29) is 34.4 Å². The van der Waals surface area contributed by atoms with E-state index in [1.807, 2.05) is 32.0 Å². The van der Waals surface area contributed by atoms with Crippen LogP contribution in [0.5, 0.6) is 0 Å². The van der Waals surface area contributed by atoms with Crippen molar-refractivity contribution in [2.24, 2.45) is 0 Å². The Morgan fingerprint density at radius 2 is 1.19 bits per heavy atom. The van der Waals surface area contributed by atoms with Crippen molar-refractivity contribution in [2.75, 3.05) is 46.6 Å². The van der Waals surface area contributed by atoms with Gasteiger partial charge in [-0.2, -0.15) is 5.21 Å². The number of carbonyl (C=O) groups is 2. The van der Waals surface area contributed by atoms with Crippen LogP contribution in [-0.2, 0) is 0 Å². The molecule has 296 valence electrons. The van der Waals surface area contributed by atoms with Crippen LogP contribution in [0, 0.1) is 20.4 Å². The smallest absolute Gasteiger partial charge is 0.300 e. The molecule has 2 saturated heterocycles. The number of fused-ring (bicyclic) bond motifs is 2. The van der Waals surface area contributed by atoms with Crippen molar-refractivity contribution in [3.8, 4) is 11.5 Å². The van der Waals surface area contributed by atoms with Gasteiger partial charge in [0.1, 0.15) is 5.69 Å². The summed E-state index contributed by atoms with van der Waals surface area (Å²) in [7, 11) is 0. The number of hydrogen-bond donors (Lipinski definition) is 5. The lowest BCUT2D eigenvalue weighted by atomic mass is 10.1. The first-order chi connectivity index (χ1) is 28.6. The lowest BCUT2D eigenvalue weighted by Crippen LogP contribution is -2.24. The second-order valence-electron chi connectivity index (χ2n) is 14.4. The first-order valence-corrected chi connectivity index (χ1v) is 19.2. The van der Waals surface area contributed by atoms with Gasteiger partial charge in [0.25, 0.3) is 17.6 Å². The molecule has 2 aliphatic heterocycles. The van der Waals surface area contributed by atoms with E-state index in [1.165, 1.54) is 12.1 Å². The van der Waals surface area contributed by atoms with Gasteiger partial charge < -0.3 is 35.2 Å². The fraction of sp³-hybridized carbons (Fsp3) is 0.238. The summed E-state index contributed by atoms with van der Waals surface area (Å²) in [6.07, 6.45) is 4.31. The van der Waals surface area contributed by atoms with E-state index in [2.05, 4.69) is 65.8 Å². The van der Waals surface area contributed by atoms with Gasteiger partial charge in [-0.3, -0.25) is 19.2 Å². The number of aromatic nitrogens is 8. The first kappa shape index (κ1) is 38.1. The normalized spacial score (nSPS) is 13.6. The molecule has 17 nitrogen and oxygen atoms in total. The molecule has 17 heteroatoms. The van der Waals surface area contributed by atoms with Crippen LogP contribution in [-0.4, -0.2) is 78.6 Å². The second-order valence-corrected chi connectivity index (χ2v) is 14.4. The van der Waals surface area contributed by atoms with E-state index in [4.69, 9.17) is 6.57 Å². The van der Waals surface area contributed by atoms with Gasteiger partial charge >= 0.3 is 0 Å². The number of carbonyl (C=O) groups excluding carboxylic acids is 2. The second kappa shape index (κ2) is 16.4. The monoisotopic (exact) mass is 789 g/mol. The molecule has 2 amide bonds. The summed E-state index contributed by atoms with van der Waals surface area (Å²) in [5.41, 5.74) is 6.59. The number of hydrogen-bond acceptors (Lipinski definition) is 11. The molecule has 0 atom stereocenters. The van der Waals surface area contributed by atoms with Crippen molar-refractivity contribution >= 4 is 62.2 Å². The number of H-pyrrole nitrogens is 3. The SMILES string of the molecule is Cc1cc(=O)[nH]c2ccc(NC(=O)c3nc(-c4nn[nH]n4)ccc3N3CCCC3)cc12.[C-]#[N+]c1ccc(N2CCCC2)c(C(=O)Nc2ccc3[nH]c(=O)cc(C)c3c2)n1. The third-order valence-electron chi connectivity index (χ3n) is 10.4. The predicted molar refractivity (Wildman–Crippen MR) is 225 cm³/mol. The maximum Gasteiger partial charge on any atom is 0.300 e. The minimum absolute atomic E-state index is 0.153. The molecular weight excluding hydrogens is 751 g/mol. The molecule has 2 aliphatic rings. The van der Waals surface area contributed by atoms with Crippen LogP contribution in [0.25, 0.3) is 38.2 Å². The van der Waals surface area contributed by atoms with Crippen LogP contribution in [0.2, 0.25) is 0 Å². The summed E-state index contributed by atoms with van der Waals surface area (Å²) in [6.45, 7) is 14.4. The Kier molecular flexibility index (Phi) is 10.6. The van der Waals surface area contributed by atoms with E-state index in [0.717, 1.165) is 90.7 Å². The Balaban J connectivity index is 0.000000165. The van der Waals surface area contributed by atoms with E-state index < -0.39 is 0 Å². The number of benzene rings is 2. The zero-order valence-corrected chi connectivity index (χ0v) is 32.3. The molecular formula is C42H39N13O4. The van der Waals surface area contributed by atoms with Gasteiger partial charge in [0, 0.05) is 71.5 Å². The van der Waals surface area contributed by atoms with Crippen LogP contribution in [0.4, 0.5) is 28.6 Å². The average Bonchev–Trinajstić information content (AvgIpc) is 4.07. The topological polar surface area (TPSA) is 215 Å². The highest BCUT2D eigenvalue weighted by molar-refractivity contribution is 6.08. The molecule has 0 aliphatic carbocycles. The maximum atomic E-state index is 13.3. The Morgan fingerprint density at radius 1 is 0.678 bits per heavy atom. The number of anilines is 4. The highest BCUT2D eigenvalue weighted by atomic mass is 16.2. The fourth-order valence-corrected chi connectivity index (χ4v) is 7.49. The molecule has 9 rings (SSSR count). The number of amides is 2. The van der Waals surface area contributed by atoms with Gasteiger partial charge in [-0.05, 0) is 117 Å². The molecule has 0 radical (unpaired) electrons. The van der Waals surface area contributed by atoms with Crippen LogP contribution >= 0.6 is 0 Å². The average molecular weight is 790 g/mol. The van der Waals surface area contributed by atoms with Crippen LogP contribution < -0.4 is 31.6 Å². The van der Waals surface area contributed by atoms with Crippen molar-refractivity contribution in [1.82, 2.24) is 40.6 Å².